The molecule has 0 aliphatic heterocycles. The highest BCUT2D eigenvalue weighted by Crippen LogP contribution is 2.34. The van der Waals surface area contributed by atoms with E-state index in [1.165, 1.54) is 7.05 Å². The zero-order chi connectivity index (χ0) is 23.5. The van der Waals surface area contributed by atoms with Gasteiger partial charge in [-0.05, 0) is 42.3 Å². The third-order valence-electron chi connectivity index (χ3n) is 4.76. The van der Waals surface area contributed by atoms with Crippen molar-refractivity contribution in [2.24, 2.45) is 0 Å². The summed E-state index contributed by atoms with van der Waals surface area (Å²) in [6.07, 6.45) is -2.86. The molecule has 2 N–H and O–H groups in total. The molecule has 1 aromatic heterocycles. The van der Waals surface area contributed by atoms with Gasteiger partial charge in [0.05, 0.1) is 11.9 Å². The van der Waals surface area contributed by atoms with Crippen molar-refractivity contribution < 1.29 is 21.6 Å². The van der Waals surface area contributed by atoms with Gasteiger partial charge in [-0.3, -0.25) is 4.31 Å². The first kappa shape index (κ1) is 23.3. The van der Waals surface area contributed by atoms with Crippen LogP contribution in [0.25, 0.3) is 0 Å². The fourth-order valence-corrected chi connectivity index (χ4v) is 3.35. The number of sulfonamides is 1. The zero-order valence-electron chi connectivity index (χ0n) is 17.6. The molecule has 0 unspecified atom stereocenters. The third kappa shape index (κ3) is 5.67. The smallest absolute Gasteiger partial charge is 0.365 e. The van der Waals surface area contributed by atoms with Gasteiger partial charge in [0.25, 0.3) is 0 Å². The van der Waals surface area contributed by atoms with Crippen molar-refractivity contribution >= 4 is 33.2 Å². The van der Waals surface area contributed by atoms with Crippen LogP contribution in [0.3, 0.4) is 0 Å². The van der Waals surface area contributed by atoms with Crippen LogP contribution in [0.2, 0.25) is 0 Å². The molecule has 0 aliphatic rings. The molecule has 0 spiro atoms. The summed E-state index contributed by atoms with van der Waals surface area (Å²) in [7, 11) is -2.07. The molecule has 0 amide bonds. The first-order valence-corrected chi connectivity index (χ1v) is 11.3. The van der Waals surface area contributed by atoms with E-state index in [0.717, 1.165) is 22.3 Å². The molecule has 0 saturated carbocycles. The lowest BCUT2D eigenvalue weighted by molar-refractivity contribution is -0.137. The average Bonchev–Trinajstić information content (AvgIpc) is 2.72. The molecule has 0 atom stereocenters. The largest absolute Gasteiger partial charge is 0.421 e. The number of nitrogens with zero attached hydrogens (tertiary/aromatic N) is 3. The van der Waals surface area contributed by atoms with E-state index in [1.807, 2.05) is 6.07 Å². The molecule has 0 saturated heterocycles. The van der Waals surface area contributed by atoms with Gasteiger partial charge in [-0.15, -0.1) is 0 Å². The topological polar surface area (TPSA) is 87.2 Å². The Bertz CT molecular complexity index is 1200. The first-order chi connectivity index (χ1) is 14.9. The Morgan fingerprint density at radius 3 is 2.41 bits per heavy atom. The standard InChI is InChI=1S/C21H22F3N5O2S/c1-14-9-10-17(29(2)32(3,30)31)11-15(14)12-25-19-18(21(22,23)24)13-26-20(28-19)27-16-7-5-4-6-8-16/h4-11,13H,12H2,1-3H3,(H2,25,26,27,28). The predicted molar refractivity (Wildman–Crippen MR) is 119 cm³/mol. The van der Waals surface area contributed by atoms with E-state index >= 15 is 0 Å². The number of nitrogens with one attached hydrogen (secondary N) is 2. The van der Waals surface area contributed by atoms with Crippen LogP contribution in [-0.4, -0.2) is 31.7 Å². The molecule has 3 aromatic rings. The van der Waals surface area contributed by atoms with Crippen molar-refractivity contribution in [3.63, 3.8) is 0 Å². The Morgan fingerprint density at radius 1 is 1.09 bits per heavy atom. The van der Waals surface area contributed by atoms with Gasteiger partial charge in [0.15, 0.2) is 0 Å². The molecular formula is C21H22F3N5O2S. The van der Waals surface area contributed by atoms with Gasteiger partial charge in [0.2, 0.25) is 16.0 Å². The SMILES string of the molecule is Cc1ccc(N(C)S(C)(=O)=O)cc1CNc1nc(Nc2ccccc2)ncc1C(F)(F)F. The minimum atomic E-state index is -4.65. The van der Waals surface area contributed by atoms with E-state index in [0.29, 0.717) is 16.9 Å². The van der Waals surface area contributed by atoms with Crippen LogP contribution >= 0.6 is 0 Å². The summed E-state index contributed by atoms with van der Waals surface area (Å²) < 4.78 is 65.2. The Kier molecular flexibility index (Phi) is 6.58. The van der Waals surface area contributed by atoms with E-state index in [-0.39, 0.29) is 18.3 Å². The number of halogens is 3. The number of para-hydroxylation sites is 1. The van der Waals surface area contributed by atoms with Crippen LogP contribution in [-0.2, 0) is 22.7 Å². The summed E-state index contributed by atoms with van der Waals surface area (Å²) in [5.41, 5.74) is 1.44. The fraction of sp³-hybridized carbons (Fsp3) is 0.238. The molecule has 2 aromatic carbocycles. The fourth-order valence-electron chi connectivity index (χ4n) is 2.85. The second-order valence-corrected chi connectivity index (χ2v) is 9.15. The third-order valence-corrected chi connectivity index (χ3v) is 5.97. The van der Waals surface area contributed by atoms with Gasteiger partial charge in [-0.2, -0.15) is 18.2 Å². The number of hydrogen-bond donors (Lipinski definition) is 2. The molecule has 0 bridgehead atoms. The highest BCUT2D eigenvalue weighted by molar-refractivity contribution is 7.92. The minimum Gasteiger partial charge on any atom is -0.365 e. The molecule has 1 heterocycles. The van der Waals surface area contributed by atoms with Gasteiger partial charge in [0, 0.05) is 25.5 Å². The molecule has 0 fully saturated rings. The molecule has 32 heavy (non-hydrogen) atoms. The second kappa shape index (κ2) is 9.03. The van der Waals surface area contributed by atoms with E-state index in [4.69, 9.17) is 0 Å². The predicted octanol–water partition coefficient (Wildman–Crippen LogP) is 4.56. The lowest BCUT2D eigenvalue weighted by Crippen LogP contribution is -2.25. The van der Waals surface area contributed by atoms with Crippen LogP contribution < -0.4 is 14.9 Å². The van der Waals surface area contributed by atoms with Gasteiger partial charge < -0.3 is 10.6 Å². The summed E-state index contributed by atoms with van der Waals surface area (Å²) in [5.74, 6) is -0.374. The maximum atomic E-state index is 13.5. The van der Waals surface area contributed by atoms with E-state index in [2.05, 4.69) is 20.6 Å². The van der Waals surface area contributed by atoms with Crippen LogP contribution in [0.4, 0.5) is 36.3 Å². The monoisotopic (exact) mass is 465 g/mol. The average molecular weight is 466 g/mol. The minimum absolute atomic E-state index is 0.00213. The Labute approximate surface area is 184 Å². The second-order valence-electron chi connectivity index (χ2n) is 7.14. The van der Waals surface area contributed by atoms with E-state index in [9.17, 15) is 21.6 Å². The number of alkyl halides is 3. The zero-order valence-corrected chi connectivity index (χ0v) is 18.4. The Hall–Kier alpha value is -3.34. The van der Waals surface area contributed by atoms with Gasteiger partial charge in [-0.1, -0.05) is 24.3 Å². The van der Waals surface area contributed by atoms with Crippen molar-refractivity contribution in [2.45, 2.75) is 19.6 Å². The molecule has 0 radical (unpaired) electrons. The molecule has 7 nitrogen and oxygen atoms in total. The number of anilines is 4. The molecular weight excluding hydrogens is 443 g/mol. The van der Waals surface area contributed by atoms with E-state index in [1.54, 1.807) is 49.4 Å². The van der Waals surface area contributed by atoms with Crippen LogP contribution in [0.5, 0.6) is 0 Å². The molecule has 0 aliphatic carbocycles. The molecule has 170 valence electrons. The maximum Gasteiger partial charge on any atom is 0.421 e. The maximum absolute atomic E-state index is 13.5. The van der Waals surface area contributed by atoms with Crippen LogP contribution in [0.1, 0.15) is 16.7 Å². The summed E-state index contributed by atoms with van der Waals surface area (Å²) in [6, 6.07) is 13.8. The number of aryl methyl sites for hydroxylation is 1. The lowest BCUT2D eigenvalue weighted by Gasteiger charge is -2.19. The van der Waals surface area contributed by atoms with Gasteiger partial charge in [-0.25, -0.2) is 13.4 Å². The van der Waals surface area contributed by atoms with Crippen molar-refractivity contribution in [1.29, 1.82) is 0 Å². The highest BCUT2D eigenvalue weighted by Gasteiger charge is 2.35. The number of rotatable bonds is 7. The summed E-state index contributed by atoms with van der Waals surface area (Å²) >= 11 is 0. The Morgan fingerprint density at radius 2 is 1.78 bits per heavy atom. The summed E-state index contributed by atoms with van der Waals surface area (Å²) in [4.78, 5) is 7.80. The quantitative estimate of drug-likeness (QED) is 0.532. The van der Waals surface area contributed by atoms with Crippen molar-refractivity contribution in [3.8, 4) is 0 Å². The van der Waals surface area contributed by atoms with Crippen LogP contribution in [0, 0.1) is 6.92 Å². The number of hydrogen-bond acceptors (Lipinski definition) is 6. The van der Waals surface area contributed by atoms with Gasteiger partial charge in [0.1, 0.15) is 11.4 Å². The summed E-state index contributed by atoms with van der Waals surface area (Å²) in [5, 5.41) is 5.60. The number of benzene rings is 2. The van der Waals surface area contributed by atoms with Crippen molar-refractivity contribution in [3.05, 3.63) is 71.4 Å². The van der Waals surface area contributed by atoms with Crippen molar-refractivity contribution in [1.82, 2.24) is 9.97 Å². The molecule has 11 heteroatoms. The highest BCUT2D eigenvalue weighted by atomic mass is 32.2. The van der Waals surface area contributed by atoms with Gasteiger partial charge >= 0.3 is 6.18 Å². The molecule has 3 rings (SSSR count). The number of aromatic nitrogens is 2. The normalized spacial score (nSPS) is 11.8. The lowest BCUT2D eigenvalue weighted by atomic mass is 10.1. The summed E-state index contributed by atoms with van der Waals surface area (Å²) in [6.45, 7) is 1.79. The van der Waals surface area contributed by atoms with E-state index < -0.39 is 21.8 Å². The van der Waals surface area contributed by atoms with Crippen molar-refractivity contribution in [2.75, 3.05) is 28.2 Å². The van der Waals surface area contributed by atoms with Crippen LogP contribution in [0.15, 0.2) is 54.7 Å². The first-order valence-electron chi connectivity index (χ1n) is 9.49. The Balaban J connectivity index is 1.89.